The Labute approximate surface area is 116 Å². The summed E-state index contributed by atoms with van der Waals surface area (Å²) in [6.45, 7) is 3.98. The number of carbonyl (C=O) groups excluding carboxylic acids is 2. The number of fused-ring (bicyclic) bond motifs is 3. The Hall–Kier alpha value is -2.68. The van der Waals surface area contributed by atoms with Crippen molar-refractivity contribution in [3.8, 4) is 11.1 Å². The summed E-state index contributed by atoms with van der Waals surface area (Å²) < 4.78 is 0. The molecule has 0 bridgehead atoms. The van der Waals surface area contributed by atoms with Gasteiger partial charge in [0.1, 0.15) is 0 Å². The van der Waals surface area contributed by atoms with Crippen molar-refractivity contribution >= 4 is 11.7 Å². The van der Waals surface area contributed by atoms with Crippen LogP contribution in [0.1, 0.15) is 26.3 Å². The molecule has 0 saturated carbocycles. The third-order valence-corrected chi connectivity index (χ3v) is 3.40. The number of hydrogen-bond acceptors (Lipinski definition) is 2. The number of amides is 1. The average molecular weight is 263 g/mol. The van der Waals surface area contributed by atoms with E-state index >= 15 is 0 Å². The van der Waals surface area contributed by atoms with E-state index in [-0.39, 0.29) is 11.7 Å². The maximum atomic E-state index is 12.3. The molecular formula is C17H13NO2. The van der Waals surface area contributed by atoms with Crippen LogP contribution in [0.4, 0.5) is 0 Å². The Balaban J connectivity index is 2.17. The number of nitrogens with one attached hydrogen (secondary N) is 1. The quantitative estimate of drug-likeness (QED) is 0.738. The van der Waals surface area contributed by atoms with E-state index in [2.05, 4.69) is 11.9 Å². The minimum Gasteiger partial charge on any atom is -0.349 e. The normalized spacial score (nSPS) is 11.7. The molecule has 1 N–H and O–H groups in total. The van der Waals surface area contributed by atoms with Gasteiger partial charge in [-0.3, -0.25) is 9.59 Å². The molecule has 0 aromatic heterocycles. The third kappa shape index (κ3) is 1.75. The topological polar surface area (TPSA) is 46.2 Å². The largest absolute Gasteiger partial charge is 0.349 e. The van der Waals surface area contributed by atoms with Crippen LogP contribution in [0.25, 0.3) is 11.1 Å². The summed E-state index contributed by atoms with van der Waals surface area (Å²) in [5.41, 5.74) is 3.35. The van der Waals surface area contributed by atoms with Crippen LogP contribution in [-0.4, -0.2) is 18.2 Å². The van der Waals surface area contributed by atoms with Crippen molar-refractivity contribution < 1.29 is 9.59 Å². The molecule has 1 aliphatic carbocycles. The molecule has 0 aliphatic heterocycles. The second kappa shape index (κ2) is 4.78. The molecule has 1 amide bonds. The van der Waals surface area contributed by atoms with Crippen LogP contribution >= 0.6 is 0 Å². The first-order valence-corrected chi connectivity index (χ1v) is 6.40. The van der Waals surface area contributed by atoms with Crippen molar-refractivity contribution in [1.29, 1.82) is 0 Å². The number of rotatable bonds is 3. The lowest BCUT2D eigenvalue weighted by atomic mass is 9.99. The number of carbonyl (C=O) groups is 2. The molecule has 0 fully saturated rings. The number of ketones is 1. The van der Waals surface area contributed by atoms with Crippen LogP contribution in [-0.2, 0) is 0 Å². The molecule has 0 heterocycles. The van der Waals surface area contributed by atoms with Crippen LogP contribution in [0.5, 0.6) is 0 Å². The standard InChI is InChI=1S/C17H13NO2/c1-2-10-18-17(20)14-9-5-8-13-15(14)11-6-3-4-7-12(11)16(13)19/h2-9H,1,10H2,(H,18,20). The first-order chi connectivity index (χ1) is 9.74. The van der Waals surface area contributed by atoms with Gasteiger partial charge in [-0.15, -0.1) is 6.58 Å². The van der Waals surface area contributed by atoms with Gasteiger partial charge in [0.2, 0.25) is 0 Å². The smallest absolute Gasteiger partial charge is 0.252 e. The molecule has 0 unspecified atom stereocenters. The molecule has 2 aromatic rings. The second-order valence-corrected chi connectivity index (χ2v) is 4.60. The zero-order chi connectivity index (χ0) is 14.1. The Bertz CT molecular complexity index is 732. The van der Waals surface area contributed by atoms with E-state index in [9.17, 15) is 9.59 Å². The van der Waals surface area contributed by atoms with E-state index in [0.29, 0.717) is 23.2 Å². The molecule has 0 saturated heterocycles. The molecule has 98 valence electrons. The summed E-state index contributed by atoms with van der Waals surface area (Å²) in [4.78, 5) is 24.5. The third-order valence-electron chi connectivity index (χ3n) is 3.40. The van der Waals surface area contributed by atoms with Crippen molar-refractivity contribution in [3.05, 3.63) is 71.8 Å². The monoisotopic (exact) mass is 263 g/mol. The summed E-state index contributed by atoms with van der Waals surface area (Å²) >= 11 is 0. The molecule has 20 heavy (non-hydrogen) atoms. The Kier molecular flexibility index (Phi) is 2.95. The summed E-state index contributed by atoms with van der Waals surface area (Å²) in [5, 5.41) is 2.76. The van der Waals surface area contributed by atoms with E-state index in [4.69, 9.17) is 0 Å². The lowest BCUT2D eigenvalue weighted by Gasteiger charge is -2.08. The maximum absolute atomic E-state index is 12.3. The zero-order valence-electron chi connectivity index (χ0n) is 10.8. The summed E-state index contributed by atoms with van der Waals surface area (Å²) in [6.07, 6.45) is 1.63. The lowest BCUT2D eigenvalue weighted by molar-refractivity contribution is 0.0958. The minimum atomic E-state index is -0.189. The molecular weight excluding hydrogens is 250 g/mol. The van der Waals surface area contributed by atoms with Gasteiger partial charge in [0.25, 0.3) is 5.91 Å². The lowest BCUT2D eigenvalue weighted by Crippen LogP contribution is -2.23. The molecule has 1 aliphatic rings. The Morgan fingerprint density at radius 1 is 1.05 bits per heavy atom. The van der Waals surface area contributed by atoms with Crippen LogP contribution in [0.2, 0.25) is 0 Å². The molecule has 0 atom stereocenters. The number of benzene rings is 2. The highest BCUT2D eigenvalue weighted by atomic mass is 16.1. The highest BCUT2D eigenvalue weighted by Crippen LogP contribution is 2.38. The second-order valence-electron chi connectivity index (χ2n) is 4.60. The Morgan fingerprint density at radius 2 is 1.75 bits per heavy atom. The number of hydrogen-bond donors (Lipinski definition) is 1. The van der Waals surface area contributed by atoms with E-state index in [1.54, 1.807) is 30.3 Å². The van der Waals surface area contributed by atoms with Crippen LogP contribution in [0.15, 0.2) is 55.1 Å². The predicted molar refractivity (Wildman–Crippen MR) is 77.8 cm³/mol. The van der Waals surface area contributed by atoms with Crippen molar-refractivity contribution in [2.45, 2.75) is 0 Å². The molecule has 3 rings (SSSR count). The van der Waals surface area contributed by atoms with Gasteiger partial charge in [0, 0.05) is 28.8 Å². The van der Waals surface area contributed by atoms with Gasteiger partial charge in [0.15, 0.2) is 5.78 Å². The molecule has 3 heteroatoms. The van der Waals surface area contributed by atoms with Crippen LogP contribution in [0.3, 0.4) is 0 Å². The first kappa shape index (κ1) is 12.4. The molecule has 0 spiro atoms. The fraction of sp³-hybridized carbons (Fsp3) is 0.0588. The van der Waals surface area contributed by atoms with E-state index in [1.165, 1.54) is 0 Å². The van der Waals surface area contributed by atoms with Gasteiger partial charge in [-0.05, 0) is 11.6 Å². The van der Waals surface area contributed by atoms with Gasteiger partial charge in [-0.25, -0.2) is 0 Å². The van der Waals surface area contributed by atoms with Crippen molar-refractivity contribution in [2.24, 2.45) is 0 Å². The minimum absolute atomic E-state index is 0.0195. The van der Waals surface area contributed by atoms with Gasteiger partial charge in [-0.2, -0.15) is 0 Å². The summed E-state index contributed by atoms with van der Waals surface area (Å²) in [6, 6.07) is 12.6. The van der Waals surface area contributed by atoms with Crippen LogP contribution in [0, 0.1) is 0 Å². The fourth-order valence-electron chi connectivity index (χ4n) is 2.53. The van der Waals surface area contributed by atoms with E-state index in [0.717, 1.165) is 11.1 Å². The molecule has 3 nitrogen and oxygen atoms in total. The zero-order valence-corrected chi connectivity index (χ0v) is 10.8. The van der Waals surface area contributed by atoms with Crippen molar-refractivity contribution in [2.75, 3.05) is 6.54 Å². The molecule has 2 aromatic carbocycles. The van der Waals surface area contributed by atoms with Crippen molar-refractivity contribution in [3.63, 3.8) is 0 Å². The highest BCUT2D eigenvalue weighted by Gasteiger charge is 2.29. The summed E-state index contributed by atoms with van der Waals surface area (Å²) in [5.74, 6) is -0.208. The van der Waals surface area contributed by atoms with Crippen LogP contribution < -0.4 is 5.32 Å². The van der Waals surface area contributed by atoms with Gasteiger partial charge >= 0.3 is 0 Å². The first-order valence-electron chi connectivity index (χ1n) is 6.40. The highest BCUT2D eigenvalue weighted by molar-refractivity contribution is 6.24. The SMILES string of the molecule is C=CCNC(=O)c1cccc2c1-c1ccccc1C2=O. The fourth-order valence-corrected chi connectivity index (χ4v) is 2.53. The van der Waals surface area contributed by atoms with E-state index < -0.39 is 0 Å². The van der Waals surface area contributed by atoms with Gasteiger partial charge < -0.3 is 5.32 Å². The van der Waals surface area contributed by atoms with Gasteiger partial charge in [-0.1, -0.05) is 42.5 Å². The summed E-state index contributed by atoms with van der Waals surface area (Å²) in [7, 11) is 0. The maximum Gasteiger partial charge on any atom is 0.252 e. The average Bonchev–Trinajstić information content (AvgIpc) is 2.79. The Morgan fingerprint density at radius 3 is 2.50 bits per heavy atom. The van der Waals surface area contributed by atoms with E-state index in [1.807, 2.05) is 18.2 Å². The molecule has 0 radical (unpaired) electrons. The predicted octanol–water partition coefficient (Wildman–Crippen LogP) is 2.81. The van der Waals surface area contributed by atoms with Crippen molar-refractivity contribution in [1.82, 2.24) is 5.32 Å². The van der Waals surface area contributed by atoms with Gasteiger partial charge in [0.05, 0.1) is 0 Å².